The summed E-state index contributed by atoms with van der Waals surface area (Å²) >= 11 is 2.21. The van der Waals surface area contributed by atoms with Gasteiger partial charge in [-0.2, -0.15) is 0 Å². The van der Waals surface area contributed by atoms with Crippen molar-refractivity contribution in [2.24, 2.45) is 0 Å². The fourth-order valence-electron chi connectivity index (χ4n) is 0.681. The van der Waals surface area contributed by atoms with Crippen LogP contribution in [0.1, 0.15) is 0 Å². The molecule has 0 saturated carbocycles. The second kappa shape index (κ2) is 4.24. The van der Waals surface area contributed by atoms with Crippen molar-refractivity contribution >= 4 is 22.6 Å². The fraction of sp³-hybridized carbons (Fsp3) is 0.111. The Morgan fingerprint density at radius 2 is 2.18 bits per heavy atom. The van der Waals surface area contributed by atoms with Crippen LogP contribution in [0.2, 0.25) is 0 Å². The van der Waals surface area contributed by atoms with Crippen molar-refractivity contribution in [3.63, 3.8) is 0 Å². The first-order valence-corrected chi connectivity index (χ1v) is 4.23. The number of para-hydroxylation sites is 1. The zero-order chi connectivity index (χ0) is 8.10. The maximum Gasteiger partial charge on any atom is 0.148 e. The Morgan fingerprint density at radius 1 is 1.45 bits per heavy atom. The van der Waals surface area contributed by atoms with Crippen LogP contribution < -0.4 is 4.74 Å². The molecular formula is C9H7IO. The molecule has 0 saturated heterocycles. The van der Waals surface area contributed by atoms with E-state index in [1.807, 2.05) is 24.3 Å². The molecule has 0 bridgehead atoms. The second-order valence-electron chi connectivity index (χ2n) is 1.92. The monoisotopic (exact) mass is 258 g/mol. The Morgan fingerprint density at radius 3 is 2.82 bits per heavy atom. The van der Waals surface area contributed by atoms with Crippen LogP contribution in [-0.4, -0.2) is 6.61 Å². The minimum Gasteiger partial charge on any atom is -0.480 e. The minimum atomic E-state index is 0.333. The van der Waals surface area contributed by atoms with Gasteiger partial charge in [0.25, 0.3) is 0 Å². The lowest BCUT2D eigenvalue weighted by Gasteiger charge is -2.02. The van der Waals surface area contributed by atoms with Gasteiger partial charge >= 0.3 is 0 Å². The zero-order valence-corrected chi connectivity index (χ0v) is 8.04. The first-order valence-electron chi connectivity index (χ1n) is 3.15. The van der Waals surface area contributed by atoms with E-state index in [-0.39, 0.29) is 0 Å². The van der Waals surface area contributed by atoms with Gasteiger partial charge in [0.15, 0.2) is 0 Å². The fourth-order valence-corrected chi connectivity index (χ4v) is 1.22. The molecule has 1 aromatic rings. The van der Waals surface area contributed by atoms with Crippen LogP contribution in [0.25, 0.3) is 0 Å². The van der Waals surface area contributed by atoms with E-state index < -0.39 is 0 Å². The third-order valence-electron chi connectivity index (χ3n) is 1.15. The lowest BCUT2D eigenvalue weighted by Crippen LogP contribution is -1.94. The molecule has 0 aliphatic rings. The lowest BCUT2D eigenvalue weighted by atomic mass is 10.3. The molecule has 0 unspecified atom stereocenters. The second-order valence-corrected chi connectivity index (χ2v) is 3.09. The molecule has 11 heavy (non-hydrogen) atoms. The highest BCUT2D eigenvalue weighted by atomic mass is 127. The van der Waals surface area contributed by atoms with Crippen LogP contribution >= 0.6 is 22.6 Å². The van der Waals surface area contributed by atoms with Crippen LogP contribution in [0, 0.1) is 15.9 Å². The summed E-state index contributed by atoms with van der Waals surface area (Å²) in [6.07, 6.45) is 5.05. The van der Waals surface area contributed by atoms with Crippen LogP contribution in [0.5, 0.6) is 5.75 Å². The Balaban J connectivity index is 2.71. The lowest BCUT2D eigenvalue weighted by molar-refractivity contribution is 0.368. The van der Waals surface area contributed by atoms with E-state index in [4.69, 9.17) is 11.2 Å². The van der Waals surface area contributed by atoms with Crippen molar-refractivity contribution < 1.29 is 4.74 Å². The molecule has 0 amide bonds. The topological polar surface area (TPSA) is 9.23 Å². The van der Waals surface area contributed by atoms with Gasteiger partial charge in [-0.3, -0.25) is 0 Å². The van der Waals surface area contributed by atoms with Crippen molar-refractivity contribution in [1.29, 1.82) is 0 Å². The van der Waals surface area contributed by atoms with Gasteiger partial charge in [-0.05, 0) is 34.7 Å². The maximum absolute atomic E-state index is 5.24. The molecule has 2 heteroatoms. The molecular weight excluding hydrogens is 251 g/mol. The Kier molecular flexibility index (Phi) is 3.24. The van der Waals surface area contributed by atoms with Crippen LogP contribution in [0.15, 0.2) is 24.3 Å². The molecule has 1 nitrogen and oxygen atoms in total. The third kappa shape index (κ3) is 2.43. The van der Waals surface area contributed by atoms with E-state index in [9.17, 15) is 0 Å². The van der Waals surface area contributed by atoms with Crippen molar-refractivity contribution in [3.8, 4) is 18.1 Å². The van der Waals surface area contributed by atoms with Crippen LogP contribution in [-0.2, 0) is 0 Å². The molecule has 0 atom stereocenters. The Bertz CT molecular complexity index is 275. The molecule has 0 aliphatic heterocycles. The molecule has 0 radical (unpaired) electrons. The zero-order valence-electron chi connectivity index (χ0n) is 5.88. The summed E-state index contributed by atoms with van der Waals surface area (Å²) in [7, 11) is 0. The average molecular weight is 258 g/mol. The molecule has 0 N–H and O–H groups in total. The molecule has 0 aliphatic carbocycles. The molecule has 0 fully saturated rings. The van der Waals surface area contributed by atoms with E-state index in [1.54, 1.807) is 0 Å². The predicted octanol–water partition coefficient (Wildman–Crippen LogP) is 2.30. The highest BCUT2D eigenvalue weighted by molar-refractivity contribution is 14.1. The quantitative estimate of drug-likeness (QED) is 0.584. The number of halogens is 1. The Labute approximate surface area is 79.9 Å². The summed E-state index contributed by atoms with van der Waals surface area (Å²) in [6, 6.07) is 7.77. The van der Waals surface area contributed by atoms with E-state index in [0.717, 1.165) is 9.32 Å². The van der Waals surface area contributed by atoms with E-state index in [2.05, 4.69) is 28.5 Å². The number of ether oxygens (including phenoxy) is 1. The summed E-state index contributed by atoms with van der Waals surface area (Å²) in [5, 5.41) is 0. The molecule has 1 rings (SSSR count). The van der Waals surface area contributed by atoms with Crippen molar-refractivity contribution in [2.75, 3.05) is 6.61 Å². The standard InChI is InChI=1S/C9H7IO/c1-2-7-11-9-6-4-3-5-8(9)10/h1,3-6H,7H2. The normalized spacial score (nSPS) is 8.73. The summed E-state index contributed by atoms with van der Waals surface area (Å²) in [6.45, 7) is 0.333. The maximum atomic E-state index is 5.24. The summed E-state index contributed by atoms with van der Waals surface area (Å²) in [4.78, 5) is 0. The van der Waals surface area contributed by atoms with E-state index in [1.165, 1.54) is 0 Å². The number of hydrogen-bond acceptors (Lipinski definition) is 1. The summed E-state index contributed by atoms with van der Waals surface area (Å²) in [5.74, 6) is 3.27. The average Bonchev–Trinajstić information content (AvgIpc) is 2.03. The summed E-state index contributed by atoms with van der Waals surface area (Å²) in [5.41, 5.74) is 0. The van der Waals surface area contributed by atoms with Crippen molar-refractivity contribution in [3.05, 3.63) is 27.8 Å². The number of rotatable bonds is 2. The SMILES string of the molecule is C#CCOc1ccccc1I. The summed E-state index contributed by atoms with van der Waals surface area (Å²) < 4.78 is 6.33. The smallest absolute Gasteiger partial charge is 0.148 e. The molecule has 1 aromatic carbocycles. The van der Waals surface area contributed by atoms with E-state index >= 15 is 0 Å². The first kappa shape index (κ1) is 8.41. The van der Waals surface area contributed by atoms with Gasteiger partial charge in [0, 0.05) is 0 Å². The van der Waals surface area contributed by atoms with Crippen LogP contribution in [0.4, 0.5) is 0 Å². The van der Waals surface area contributed by atoms with Gasteiger partial charge < -0.3 is 4.74 Å². The minimum absolute atomic E-state index is 0.333. The third-order valence-corrected chi connectivity index (χ3v) is 2.04. The van der Waals surface area contributed by atoms with Crippen molar-refractivity contribution in [2.45, 2.75) is 0 Å². The molecule has 0 heterocycles. The number of benzene rings is 1. The largest absolute Gasteiger partial charge is 0.480 e. The van der Waals surface area contributed by atoms with Gasteiger partial charge in [-0.15, -0.1) is 6.42 Å². The van der Waals surface area contributed by atoms with Gasteiger partial charge in [-0.25, -0.2) is 0 Å². The molecule has 56 valence electrons. The van der Waals surface area contributed by atoms with Gasteiger partial charge in [-0.1, -0.05) is 18.1 Å². The van der Waals surface area contributed by atoms with Gasteiger partial charge in [0.1, 0.15) is 12.4 Å². The van der Waals surface area contributed by atoms with Gasteiger partial charge in [0.2, 0.25) is 0 Å². The number of terminal acetylenes is 1. The highest BCUT2D eigenvalue weighted by Crippen LogP contribution is 2.18. The van der Waals surface area contributed by atoms with Crippen molar-refractivity contribution in [1.82, 2.24) is 0 Å². The number of hydrogen-bond donors (Lipinski definition) is 0. The highest BCUT2D eigenvalue weighted by Gasteiger charge is 1.95. The molecule has 0 aromatic heterocycles. The molecule has 0 spiro atoms. The van der Waals surface area contributed by atoms with Crippen LogP contribution in [0.3, 0.4) is 0 Å². The van der Waals surface area contributed by atoms with E-state index in [0.29, 0.717) is 6.61 Å². The first-order chi connectivity index (χ1) is 5.34. The predicted molar refractivity (Wildman–Crippen MR) is 53.5 cm³/mol. The Hall–Kier alpha value is -0.690. The van der Waals surface area contributed by atoms with Gasteiger partial charge in [0.05, 0.1) is 3.57 Å².